The normalized spacial score (nSPS) is 22.3. The first kappa shape index (κ1) is 33.4. The van der Waals surface area contributed by atoms with Crippen LogP contribution < -0.4 is 16.2 Å². The van der Waals surface area contributed by atoms with Gasteiger partial charge in [-0.15, -0.1) is 12.4 Å². The third kappa shape index (κ3) is 9.28. The van der Waals surface area contributed by atoms with Crippen molar-refractivity contribution in [3.05, 3.63) is 64.2 Å². The number of nitrogens with two attached hydrogens (primary N) is 2. The minimum absolute atomic E-state index is 0. The Bertz CT molecular complexity index is 1050. The summed E-state index contributed by atoms with van der Waals surface area (Å²) >= 11 is 6.35. The van der Waals surface area contributed by atoms with Crippen molar-refractivity contribution in [1.29, 1.82) is 5.41 Å². The lowest BCUT2D eigenvalue weighted by molar-refractivity contribution is -0.231. The Morgan fingerprint density at radius 3 is 2.21 bits per heavy atom. The number of aliphatic hydroxyl groups excluding tert-OH is 4. The molecule has 2 aromatic carbocycles. The zero-order chi connectivity index (χ0) is 27.7. The van der Waals surface area contributed by atoms with Gasteiger partial charge in [-0.05, 0) is 48.2 Å². The molecular weight excluding hydrogens is 537 g/mol. The van der Waals surface area contributed by atoms with Crippen LogP contribution in [0, 0.1) is 5.41 Å². The van der Waals surface area contributed by atoms with Crippen LogP contribution in [0.25, 0.3) is 0 Å². The molecule has 2 aromatic rings. The van der Waals surface area contributed by atoms with E-state index in [1.165, 1.54) is 4.90 Å². The molecule has 13 heteroatoms. The second kappa shape index (κ2) is 15.7. The number of benzene rings is 2. The molecule has 0 aliphatic carbocycles. The van der Waals surface area contributed by atoms with Crippen LogP contribution in [0.15, 0.2) is 47.5 Å². The first-order valence-electron chi connectivity index (χ1n) is 11.6. The number of halogens is 2. The first-order valence-corrected chi connectivity index (χ1v) is 12.0. The zero-order valence-corrected chi connectivity index (χ0v) is 23.1. The maximum Gasteiger partial charge on any atom is 0.220 e. The molecular formula is C25H37Cl2N5O6. The Morgan fingerprint density at radius 2 is 1.71 bits per heavy atom. The number of rotatable bonds is 6. The first-order chi connectivity index (χ1) is 17.5. The van der Waals surface area contributed by atoms with Crippen LogP contribution >= 0.6 is 24.0 Å². The molecule has 5 atom stereocenters. The summed E-state index contributed by atoms with van der Waals surface area (Å²) in [6.07, 6.45) is -5.39. The third-order valence-corrected chi connectivity index (χ3v) is 5.95. The Kier molecular flexibility index (Phi) is 13.8. The molecule has 0 spiro atoms. The summed E-state index contributed by atoms with van der Waals surface area (Å²) in [6, 6.07) is 12.9. The van der Waals surface area contributed by atoms with Crippen LogP contribution in [-0.4, -0.2) is 89.0 Å². The van der Waals surface area contributed by atoms with E-state index in [0.29, 0.717) is 23.6 Å². The second-order valence-electron chi connectivity index (χ2n) is 8.61. The predicted octanol–water partition coefficient (Wildman–Crippen LogP) is 1.02. The van der Waals surface area contributed by atoms with E-state index in [2.05, 4.69) is 4.99 Å². The molecule has 1 fully saturated rings. The van der Waals surface area contributed by atoms with Crippen molar-refractivity contribution in [2.45, 2.75) is 43.9 Å². The standard InChI is InChI=1S/C21H25ClO6.C4H11N5.ClH/c1-2-27-15-6-3-12(4-7-15)9-14-10-13(5-8-16(14)22)21-20(26)19(25)18(24)17(11-23)28-21;1-9(2)4(7)8-3(5)6;/h3-8,10,17-21,23-26H,2,9,11H2,1H3;1-2H3,(H5,5,6,7,8);1H/t17-,18-,19+,20-,21+;;/m1../s1. The maximum absolute atomic E-state index is 10.3. The van der Waals surface area contributed by atoms with Crippen LogP contribution in [0.5, 0.6) is 5.75 Å². The van der Waals surface area contributed by atoms with Gasteiger partial charge in [0.25, 0.3) is 0 Å². The van der Waals surface area contributed by atoms with Crippen LogP contribution in [0.2, 0.25) is 5.02 Å². The molecule has 1 aliphatic heterocycles. The molecule has 1 heterocycles. The summed E-state index contributed by atoms with van der Waals surface area (Å²) < 4.78 is 11.1. The topological polar surface area (TPSA) is 191 Å². The van der Waals surface area contributed by atoms with E-state index in [0.717, 1.165) is 16.9 Å². The third-order valence-electron chi connectivity index (χ3n) is 5.58. The number of hydrogen-bond donors (Lipinski definition) is 7. The van der Waals surface area contributed by atoms with Crippen LogP contribution in [-0.2, 0) is 11.2 Å². The van der Waals surface area contributed by atoms with Crippen molar-refractivity contribution in [3.63, 3.8) is 0 Å². The van der Waals surface area contributed by atoms with E-state index in [9.17, 15) is 20.4 Å². The van der Waals surface area contributed by atoms with Crippen LogP contribution in [0.4, 0.5) is 0 Å². The molecule has 212 valence electrons. The van der Waals surface area contributed by atoms with Crippen molar-refractivity contribution < 1.29 is 29.9 Å². The van der Waals surface area contributed by atoms with Gasteiger partial charge in [-0.3, -0.25) is 5.41 Å². The summed E-state index contributed by atoms with van der Waals surface area (Å²) in [4.78, 5) is 4.96. The highest BCUT2D eigenvalue weighted by molar-refractivity contribution is 6.31. The highest BCUT2D eigenvalue weighted by atomic mass is 35.5. The van der Waals surface area contributed by atoms with Gasteiger partial charge >= 0.3 is 0 Å². The zero-order valence-electron chi connectivity index (χ0n) is 21.5. The Morgan fingerprint density at radius 1 is 1.08 bits per heavy atom. The van der Waals surface area contributed by atoms with Crippen LogP contribution in [0.3, 0.4) is 0 Å². The number of nitrogens with one attached hydrogen (secondary N) is 1. The number of aliphatic hydroxyl groups is 4. The summed E-state index contributed by atoms with van der Waals surface area (Å²) in [5, 5.41) is 47.3. The van der Waals surface area contributed by atoms with Crippen molar-refractivity contribution in [2.75, 3.05) is 27.3 Å². The summed E-state index contributed by atoms with van der Waals surface area (Å²) in [5.74, 6) is 0.760. The summed E-state index contributed by atoms with van der Waals surface area (Å²) in [5.41, 5.74) is 12.5. The van der Waals surface area contributed by atoms with Gasteiger partial charge in [0, 0.05) is 19.1 Å². The molecule has 1 aliphatic rings. The minimum Gasteiger partial charge on any atom is -0.494 e. The highest BCUT2D eigenvalue weighted by Gasteiger charge is 2.44. The molecule has 0 saturated carbocycles. The summed E-state index contributed by atoms with van der Waals surface area (Å²) in [7, 11) is 3.38. The number of aliphatic imine (C=N–C) groups is 1. The number of ether oxygens (including phenoxy) is 2. The smallest absolute Gasteiger partial charge is 0.220 e. The molecule has 0 aromatic heterocycles. The molecule has 0 unspecified atom stereocenters. The van der Waals surface area contributed by atoms with Gasteiger partial charge < -0.3 is 46.3 Å². The number of guanidine groups is 2. The highest BCUT2D eigenvalue weighted by Crippen LogP contribution is 2.34. The molecule has 0 radical (unpaired) electrons. The molecule has 11 nitrogen and oxygen atoms in total. The molecule has 1 saturated heterocycles. The number of nitrogens with zero attached hydrogens (tertiary/aromatic N) is 2. The van der Waals surface area contributed by atoms with Gasteiger partial charge in [-0.1, -0.05) is 35.9 Å². The lowest BCUT2D eigenvalue weighted by atomic mass is 9.90. The van der Waals surface area contributed by atoms with E-state index in [1.807, 2.05) is 37.3 Å². The van der Waals surface area contributed by atoms with Gasteiger partial charge in [-0.25, -0.2) is 0 Å². The molecule has 9 N–H and O–H groups in total. The van der Waals surface area contributed by atoms with E-state index in [-0.39, 0.29) is 24.3 Å². The van der Waals surface area contributed by atoms with Gasteiger partial charge in [0.15, 0.2) is 5.96 Å². The molecule has 0 bridgehead atoms. The van der Waals surface area contributed by atoms with E-state index in [4.69, 9.17) is 38.0 Å². The summed E-state index contributed by atoms with van der Waals surface area (Å²) in [6.45, 7) is 2.07. The van der Waals surface area contributed by atoms with Crippen molar-refractivity contribution in [1.82, 2.24) is 4.90 Å². The lowest BCUT2D eigenvalue weighted by Crippen LogP contribution is -2.55. The molecule has 38 heavy (non-hydrogen) atoms. The van der Waals surface area contributed by atoms with E-state index in [1.54, 1.807) is 26.2 Å². The van der Waals surface area contributed by atoms with Crippen molar-refractivity contribution in [3.8, 4) is 5.75 Å². The van der Waals surface area contributed by atoms with Crippen molar-refractivity contribution in [2.24, 2.45) is 16.5 Å². The average Bonchev–Trinajstić information content (AvgIpc) is 2.85. The Labute approximate surface area is 233 Å². The maximum atomic E-state index is 10.3. The Balaban J connectivity index is 0.000000622. The average molecular weight is 575 g/mol. The predicted molar refractivity (Wildman–Crippen MR) is 149 cm³/mol. The second-order valence-corrected chi connectivity index (χ2v) is 9.02. The molecule has 0 amide bonds. The molecule has 3 rings (SSSR count). The van der Waals surface area contributed by atoms with Gasteiger partial charge in [-0.2, -0.15) is 4.99 Å². The monoisotopic (exact) mass is 573 g/mol. The fraction of sp³-hybridized carbons (Fsp3) is 0.440. The van der Waals surface area contributed by atoms with E-state index < -0.39 is 37.1 Å². The quantitative estimate of drug-likeness (QED) is 0.195. The van der Waals surface area contributed by atoms with Crippen molar-refractivity contribution >= 4 is 35.9 Å². The fourth-order valence-corrected chi connectivity index (χ4v) is 3.78. The van der Waals surface area contributed by atoms with Gasteiger partial charge in [0.05, 0.1) is 13.2 Å². The number of hydrogen-bond acceptors (Lipinski definition) is 7. The van der Waals surface area contributed by atoms with Crippen LogP contribution in [0.1, 0.15) is 29.7 Å². The van der Waals surface area contributed by atoms with E-state index >= 15 is 0 Å². The van der Waals surface area contributed by atoms with Gasteiger partial charge in [0.1, 0.15) is 36.3 Å². The Hall–Kier alpha value is -2.64. The van der Waals surface area contributed by atoms with Gasteiger partial charge in [0.2, 0.25) is 5.96 Å². The minimum atomic E-state index is -1.42. The lowest BCUT2D eigenvalue weighted by Gasteiger charge is -2.40. The fourth-order valence-electron chi connectivity index (χ4n) is 3.60. The SMILES string of the molecule is CCOc1ccc(Cc2cc([C@@H]3O[C@H](CO)[C@@H](O)[C@H](O)[C@H]3O)ccc2Cl)cc1.CN(C)C(=N)N=C(N)N.Cl. The largest absolute Gasteiger partial charge is 0.494 e.